The summed E-state index contributed by atoms with van der Waals surface area (Å²) in [5, 5.41) is 3.80. The molecule has 2 fully saturated rings. The molecule has 19 heavy (non-hydrogen) atoms. The van der Waals surface area contributed by atoms with Crippen LogP contribution in [0.4, 0.5) is 0 Å². The average Bonchev–Trinajstić information content (AvgIpc) is 2.81. The number of nitrogens with one attached hydrogen (secondary N) is 1. The third kappa shape index (κ3) is 4.90. The summed E-state index contributed by atoms with van der Waals surface area (Å²) in [4.78, 5) is 5.09. The lowest BCUT2D eigenvalue weighted by atomic mass is 10.0. The Morgan fingerprint density at radius 1 is 1.16 bits per heavy atom. The van der Waals surface area contributed by atoms with E-state index in [9.17, 15) is 0 Å². The molecule has 0 aliphatic carbocycles. The van der Waals surface area contributed by atoms with Gasteiger partial charge in [-0.1, -0.05) is 11.6 Å². The van der Waals surface area contributed by atoms with E-state index in [-0.39, 0.29) is 0 Å². The summed E-state index contributed by atoms with van der Waals surface area (Å²) >= 11 is 0. The summed E-state index contributed by atoms with van der Waals surface area (Å²) in [5.41, 5.74) is 1.43. The molecule has 2 saturated heterocycles. The van der Waals surface area contributed by atoms with Gasteiger partial charge in [0.05, 0.1) is 0 Å². The van der Waals surface area contributed by atoms with Gasteiger partial charge in [-0.15, -0.1) is 0 Å². The second-order valence-electron chi connectivity index (χ2n) is 6.54. The Morgan fingerprint density at radius 2 is 1.89 bits per heavy atom. The first-order valence-electron chi connectivity index (χ1n) is 7.94. The summed E-state index contributed by atoms with van der Waals surface area (Å²) in [6.07, 6.45) is 7.73. The first-order chi connectivity index (χ1) is 9.15. The summed E-state index contributed by atoms with van der Waals surface area (Å²) < 4.78 is 0. The molecule has 0 aromatic rings. The van der Waals surface area contributed by atoms with E-state index in [1.54, 1.807) is 0 Å². The molecule has 0 aromatic heterocycles. The summed E-state index contributed by atoms with van der Waals surface area (Å²) in [6.45, 7) is 10.5. The van der Waals surface area contributed by atoms with E-state index in [2.05, 4.69) is 42.1 Å². The molecule has 1 unspecified atom stereocenters. The molecule has 3 nitrogen and oxygen atoms in total. The van der Waals surface area contributed by atoms with Crippen molar-refractivity contribution in [2.45, 2.75) is 51.6 Å². The highest BCUT2D eigenvalue weighted by molar-refractivity contribution is 4.95. The van der Waals surface area contributed by atoms with Crippen molar-refractivity contribution in [1.29, 1.82) is 0 Å². The Labute approximate surface area is 119 Å². The van der Waals surface area contributed by atoms with E-state index < -0.39 is 0 Å². The molecule has 0 aromatic carbocycles. The summed E-state index contributed by atoms with van der Waals surface area (Å²) in [7, 11) is 2.27. The van der Waals surface area contributed by atoms with Crippen LogP contribution in [-0.4, -0.2) is 61.7 Å². The Bertz CT molecular complexity index is 288. The molecule has 2 aliphatic heterocycles. The number of allylic oxidation sites excluding steroid dienone is 1. The largest absolute Gasteiger partial charge is 0.312 e. The third-order valence-corrected chi connectivity index (χ3v) is 4.66. The van der Waals surface area contributed by atoms with Crippen LogP contribution < -0.4 is 5.32 Å². The molecule has 0 radical (unpaired) electrons. The second kappa shape index (κ2) is 7.41. The Hall–Kier alpha value is -0.380. The smallest absolute Gasteiger partial charge is 0.0218 e. The van der Waals surface area contributed by atoms with Crippen LogP contribution in [-0.2, 0) is 0 Å². The quantitative estimate of drug-likeness (QED) is 0.768. The predicted octanol–water partition coefficient (Wildman–Crippen LogP) is 2.10. The van der Waals surface area contributed by atoms with Gasteiger partial charge in [0.1, 0.15) is 0 Å². The van der Waals surface area contributed by atoms with Crippen LogP contribution in [0.25, 0.3) is 0 Å². The van der Waals surface area contributed by atoms with Gasteiger partial charge in [-0.05, 0) is 66.2 Å². The highest BCUT2D eigenvalue weighted by atomic mass is 15.2. The average molecular weight is 265 g/mol. The van der Waals surface area contributed by atoms with Crippen molar-refractivity contribution in [2.24, 2.45) is 0 Å². The molecule has 2 heterocycles. The van der Waals surface area contributed by atoms with E-state index in [1.165, 1.54) is 57.4 Å². The van der Waals surface area contributed by atoms with Gasteiger partial charge in [-0.2, -0.15) is 0 Å². The maximum absolute atomic E-state index is 3.80. The maximum atomic E-state index is 3.80. The number of rotatable bonds is 5. The predicted molar refractivity (Wildman–Crippen MR) is 82.5 cm³/mol. The first kappa shape index (κ1) is 15.0. The number of piperidine rings is 1. The minimum atomic E-state index is 0.747. The third-order valence-electron chi connectivity index (χ3n) is 4.66. The zero-order chi connectivity index (χ0) is 13.7. The second-order valence-corrected chi connectivity index (χ2v) is 6.54. The molecular formula is C16H31N3. The lowest BCUT2D eigenvalue weighted by molar-refractivity contribution is 0.204. The highest BCUT2D eigenvalue weighted by Crippen LogP contribution is 2.15. The minimum absolute atomic E-state index is 0.747. The number of hydrogen-bond acceptors (Lipinski definition) is 3. The molecule has 0 saturated carbocycles. The minimum Gasteiger partial charge on any atom is -0.312 e. The van der Waals surface area contributed by atoms with E-state index in [1.807, 2.05) is 0 Å². The fraction of sp³-hybridized carbons (Fsp3) is 0.875. The maximum Gasteiger partial charge on any atom is 0.0218 e. The molecular weight excluding hydrogens is 234 g/mol. The molecule has 2 aliphatic rings. The fourth-order valence-electron chi connectivity index (χ4n) is 3.17. The molecule has 110 valence electrons. The van der Waals surface area contributed by atoms with E-state index in [0.717, 1.165) is 18.6 Å². The van der Waals surface area contributed by atoms with Crippen molar-refractivity contribution in [2.75, 3.05) is 39.8 Å². The normalized spacial score (nSPS) is 26.8. The van der Waals surface area contributed by atoms with Crippen molar-refractivity contribution in [1.82, 2.24) is 15.1 Å². The Morgan fingerprint density at radius 3 is 2.47 bits per heavy atom. The molecule has 1 atom stereocenters. The van der Waals surface area contributed by atoms with Crippen molar-refractivity contribution >= 4 is 0 Å². The van der Waals surface area contributed by atoms with Gasteiger partial charge in [-0.25, -0.2) is 0 Å². The Kier molecular flexibility index (Phi) is 5.86. The summed E-state index contributed by atoms with van der Waals surface area (Å²) in [5.74, 6) is 0. The van der Waals surface area contributed by atoms with Crippen LogP contribution in [0.3, 0.4) is 0 Å². The fourth-order valence-corrected chi connectivity index (χ4v) is 3.17. The zero-order valence-corrected chi connectivity index (χ0v) is 13.0. The van der Waals surface area contributed by atoms with Gasteiger partial charge in [0, 0.05) is 25.2 Å². The molecule has 0 amide bonds. The monoisotopic (exact) mass is 265 g/mol. The standard InChI is InChI=1S/C16H31N3/c1-14(2)6-10-19-11-7-15(8-12-19)17-13-16-5-4-9-18(16)3/h6,15-17H,4-5,7-13H2,1-3H3. The molecule has 1 N–H and O–H groups in total. The molecule has 0 bridgehead atoms. The van der Waals surface area contributed by atoms with Crippen LogP contribution in [0.2, 0.25) is 0 Å². The van der Waals surface area contributed by atoms with Crippen LogP contribution in [0.15, 0.2) is 11.6 Å². The van der Waals surface area contributed by atoms with E-state index in [0.29, 0.717) is 0 Å². The number of likely N-dealkylation sites (N-methyl/N-ethyl adjacent to an activating group) is 1. The topological polar surface area (TPSA) is 18.5 Å². The number of likely N-dealkylation sites (tertiary alicyclic amines) is 2. The summed E-state index contributed by atoms with van der Waals surface area (Å²) in [6, 6.07) is 1.53. The Balaban J connectivity index is 1.62. The van der Waals surface area contributed by atoms with Gasteiger partial charge in [0.15, 0.2) is 0 Å². The molecule has 0 spiro atoms. The number of nitrogens with zero attached hydrogens (tertiary/aromatic N) is 2. The van der Waals surface area contributed by atoms with Crippen LogP contribution >= 0.6 is 0 Å². The van der Waals surface area contributed by atoms with Gasteiger partial charge in [0.25, 0.3) is 0 Å². The lowest BCUT2D eigenvalue weighted by Crippen LogP contribution is -2.46. The van der Waals surface area contributed by atoms with Crippen molar-refractivity contribution in [3.8, 4) is 0 Å². The molecule has 2 rings (SSSR count). The van der Waals surface area contributed by atoms with Crippen molar-refractivity contribution in [3.63, 3.8) is 0 Å². The van der Waals surface area contributed by atoms with Gasteiger partial charge >= 0.3 is 0 Å². The number of hydrogen-bond donors (Lipinski definition) is 1. The lowest BCUT2D eigenvalue weighted by Gasteiger charge is -2.33. The first-order valence-corrected chi connectivity index (χ1v) is 7.94. The van der Waals surface area contributed by atoms with Crippen LogP contribution in [0.5, 0.6) is 0 Å². The van der Waals surface area contributed by atoms with Crippen molar-refractivity contribution < 1.29 is 0 Å². The van der Waals surface area contributed by atoms with Gasteiger partial charge < -0.3 is 10.2 Å². The van der Waals surface area contributed by atoms with Crippen LogP contribution in [0, 0.1) is 0 Å². The SMILES string of the molecule is CC(C)=CCN1CCC(NCC2CCCN2C)CC1. The van der Waals surface area contributed by atoms with Crippen molar-refractivity contribution in [3.05, 3.63) is 11.6 Å². The highest BCUT2D eigenvalue weighted by Gasteiger charge is 2.23. The van der Waals surface area contributed by atoms with E-state index >= 15 is 0 Å². The van der Waals surface area contributed by atoms with Gasteiger partial charge in [0.2, 0.25) is 0 Å². The van der Waals surface area contributed by atoms with Crippen LogP contribution in [0.1, 0.15) is 39.5 Å². The van der Waals surface area contributed by atoms with Gasteiger partial charge in [-0.3, -0.25) is 4.90 Å². The molecule has 3 heteroatoms. The van der Waals surface area contributed by atoms with E-state index in [4.69, 9.17) is 0 Å². The zero-order valence-electron chi connectivity index (χ0n) is 13.0.